The summed E-state index contributed by atoms with van der Waals surface area (Å²) in [6, 6.07) is 0. The van der Waals surface area contributed by atoms with Gasteiger partial charge in [-0.15, -0.1) is 0 Å². The van der Waals surface area contributed by atoms with Gasteiger partial charge < -0.3 is 14.2 Å². The van der Waals surface area contributed by atoms with Crippen molar-refractivity contribution >= 4 is 17.9 Å². The maximum absolute atomic E-state index is 12.8. The fourth-order valence-electron chi connectivity index (χ4n) is 7.54. The van der Waals surface area contributed by atoms with E-state index in [1.165, 1.54) is 141 Å². The molecule has 6 heteroatoms. The molecule has 0 saturated heterocycles. The van der Waals surface area contributed by atoms with Crippen molar-refractivity contribution in [3.05, 3.63) is 60.8 Å². The Morgan fingerprint density at radius 2 is 0.619 bits per heavy atom. The van der Waals surface area contributed by atoms with Gasteiger partial charge in [-0.3, -0.25) is 14.4 Å². The second-order valence-electron chi connectivity index (χ2n) is 17.8. The molecular formula is C57H100O6. The summed E-state index contributed by atoms with van der Waals surface area (Å²) in [4.78, 5) is 37.9. The molecule has 0 heterocycles. The van der Waals surface area contributed by atoms with Crippen LogP contribution in [0, 0.1) is 0 Å². The number of hydrogen-bond donors (Lipinski definition) is 0. The first kappa shape index (κ1) is 60.1. The normalized spacial score (nSPS) is 12.5. The van der Waals surface area contributed by atoms with Crippen molar-refractivity contribution < 1.29 is 28.6 Å². The molecule has 0 aliphatic carbocycles. The number of unbranched alkanes of at least 4 members (excludes halogenated alkanes) is 27. The van der Waals surface area contributed by atoms with E-state index in [2.05, 4.69) is 81.5 Å². The van der Waals surface area contributed by atoms with Gasteiger partial charge in [-0.2, -0.15) is 0 Å². The monoisotopic (exact) mass is 881 g/mol. The topological polar surface area (TPSA) is 78.9 Å². The fraction of sp³-hybridized carbons (Fsp3) is 0.772. The van der Waals surface area contributed by atoms with Crippen LogP contribution >= 0.6 is 0 Å². The molecule has 0 aliphatic heterocycles. The van der Waals surface area contributed by atoms with Gasteiger partial charge in [-0.1, -0.05) is 248 Å². The summed E-state index contributed by atoms with van der Waals surface area (Å²) in [7, 11) is 0. The Labute approximate surface area is 390 Å². The molecule has 0 N–H and O–H groups in total. The second kappa shape index (κ2) is 51.7. The SMILES string of the molecule is CC/C=C\C/C=C\C/C=C\C/C=C\C/C=C\CCCC(=O)OC(COC(=O)CCCCCCCCCC)COC(=O)CCCCCCCCCCCCCCCCCCCCCC. The van der Waals surface area contributed by atoms with E-state index in [1.807, 2.05) is 0 Å². The number of hydrogen-bond acceptors (Lipinski definition) is 6. The molecule has 1 atom stereocenters. The first-order chi connectivity index (χ1) is 31.0. The van der Waals surface area contributed by atoms with Crippen LogP contribution in [0.1, 0.15) is 265 Å². The summed E-state index contributed by atoms with van der Waals surface area (Å²) in [5.74, 6) is -0.949. The number of carbonyl (C=O) groups excluding carboxylic acids is 3. The van der Waals surface area contributed by atoms with Crippen molar-refractivity contribution in [2.45, 2.75) is 271 Å². The average molecular weight is 881 g/mol. The van der Waals surface area contributed by atoms with Crippen molar-refractivity contribution in [2.24, 2.45) is 0 Å². The Bertz CT molecular complexity index is 1150. The summed E-state index contributed by atoms with van der Waals surface area (Å²) in [5, 5.41) is 0. The molecule has 0 bridgehead atoms. The van der Waals surface area contributed by atoms with Crippen molar-refractivity contribution in [2.75, 3.05) is 13.2 Å². The maximum atomic E-state index is 12.8. The quantitative estimate of drug-likeness (QED) is 0.0262. The highest BCUT2D eigenvalue weighted by Gasteiger charge is 2.19. The zero-order chi connectivity index (χ0) is 45.8. The van der Waals surface area contributed by atoms with Crippen LogP contribution in [0.2, 0.25) is 0 Å². The van der Waals surface area contributed by atoms with Gasteiger partial charge in [0.25, 0.3) is 0 Å². The Morgan fingerprint density at radius 3 is 0.952 bits per heavy atom. The van der Waals surface area contributed by atoms with Crippen molar-refractivity contribution in [1.29, 1.82) is 0 Å². The van der Waals surface area contributed by atoms with Crippen LogP contribution in [0.25, 0.3) is 0 Å². The fourth-order valence-corrected chi connectivity index (χ4v) is 7.54. The molecule has 63 heavy (non-hydrogen) atoms. The van der Waals surface area contributed by atoms with E-state index in [0.717, 1.165) is 77.0 Å². The van der Waals surface area contributed by atoms with Crippen molar-refractivity contribution in [3.63, 3.8) is 0 Å². The van der Waals surface area contributed by atoms with Gasteiger partial charge in [-0.05, 0) is 57.8 Å². The van der Waals surface area contributed by atoms with Crippen molar-refractivity contribution in [3.8, 4) is 0 Å². The molecule has 1 unspecified atom stereocenters. The Hall–Kier alpha value is -2.89. The number of carbonyl (C=O) groups is 3. The third-order valence-electron chi connectivity index (χ3n) is 11.5. The lowest BCUT2D eigenvalue weighted by Crippen LogP contribution is -2.30. The van der Waals surface area contributed by atoms with Gasteiger partial charge in [-0.25, -0.2) is 0 Å². The maximum Gasteiger partial charge on any atom is 0.306 e. The number of ether oxygens (including phenoxy) is 3. The minimum atomic E-state index is -0.799. The molecule has 0 radical (unpaired) electrons. The standard InChI is InChI=1S/C57H100O6/c1-4-7-10-13-16-19-21-23-25-27-28-29-31-32-34-36-38-41-44-47-50-56(59)62-53-54(52-61-55(58)49-46-43-40-18-15-12-9-6-3)63-57(60)51-48-45-42-39-37-35-33-30-26-24-22-20-17-14-11-8-5-2/h8,11,17,20,24,26,33,35,39,42,54H,4-7,9-10,12-16,18-19,21-23,25,27-32,34,36-38,40-41,43-53H2,1-3H3/b11-8-,20-17-,26-24-,35-33-,42-39-. The third-order valence-corrected chi connectivity index (χ3v) is 11.5. The number of rotatable bonds is 48. The predicted molar refractivity (Wildman–Crippen MR) is 270 cm³/mol. The molecule has 0 aromatic carbocycles. The van der Waals surface area contributed by atoms with E-state index < -0.39 is 6.10 Å². The van der Waals surface area contributed by atoms with Gasteiger partial charge >= 0.3 is 17.9 Å². The lowest BCUT2D eigenvalue weighted by atomic mass is 10.0. The van der Waals surface area contributed by atoms with Crippen LogP contribution in [0.4, 0.5) is 0 Å². The van der Waals surface area contributed by atoms with E-state index in [4.69, 9.17) is 14.2 Å². The van der Waals surface area contributed by atoms with Crippen LogP contribution in [0.3, 0.4) is 0 Å². The largest absolute Gasteiger partial charge is 0.462 e. The molecule has 0 fully saturated rings. The third kappa shape index (κ3) is 50.0. The van der Waals surface area contributed by atoms with Gasteiger partial charge in [0, 0.05) is 19.3 Å². The Kier molecular flexibility index (Phi) is 49.4. The molecule has 0 saturated carbocycles. The van der Waals surface area contributed by atoms with Crippen LogP contribution in [-0.2, 0) is 28.6 Å². The minimum Gasteiger partial charge on any atom is -0.462 e. The molecule has 364 valence electrons. The summed E-state index contributed by atoms with van der Waals surface area (Å²) >= 11 is 0. The smallest absolute Gasteiger partial charge is 0.306 e. The molecular weight excluding hydrogens is 781 g/mol. The highest BCUT2D eigenvalue weighted by Crippen LogP contribution is 2.16. The van der Waals surface area contributed by atoms with E-state index in [-0.39, 0.29) is 37.5 Å². The highest BCUT2D eigenvalue weighted by molar-refractivity contribution is 5.71. The van der Waals surface area contributed by atoms with E-state index in [1.54, 1.807) is 0 Å². The Balaban J connectivity index is 4.31. The van der Waals surface area contributed by atoms with Crippen LogP contribution in [0.15, 0.2) is 60.8 Å². The number of esters is 3. The van der Waals surface area contributed by atoms with Crippen LogP contribution in [0.5, 0.6) is 0 Å². The molecule has 6 nitrogen and oxygen atoms in total. The molecule has 0 aromatic heterocycles. The van der Waals surface area contributed by atoms with Crippen LogP contribution in [-0.4, -0.2) is 37.2 Å². The van der Waals surface area contributed by atoms with Crippen LogP contribution < -0.4 is 0 Å². The summed E-state index contributed by atoms with van der Waals surface area (Å²) < 4.78 is 16.7. The van der Waals surface area contributed by atoms with Gasteiger partial charge in [0.2, 0.25) is 0 Å². The highest BCUT2D eigenvalue weighted by atomic mass is 16.6. The summed E-state index contributed by atoms with van der Waals surface area (Å²) in [5.41, 5.74) is 0. The second-order valence-corrected chi connectivity index (χ2v) is 17.8. The lowest BCUT2D eigenvalue weighted by molar-refractivity contribution is -0.167. The van der Waals surface area contributed by atoms with Gasteiger partial charge in [0.05, 0.1) is 0 Å². The number of allylic oxidation sites excluding steroid dienone is 10. The summed E-state index contributed by atoms with van der Waals surface area (Å²) in [6.45, 7) is 6.47. The average Bonchev–Trinajstić information content (AvgIpc) is 3.28. The Morgan fingerprint density at radius 1 is 0.333 bits per heavy atom. The predicted octanol–water partition coefficient (Wildman–Crippen LogP) is 17.6. The van der Waals surface area contributed by atoms with Gasteiger partial charge in [0.1, 0.15) is 13.2 Å². The van der Waals surface area contributed by atoms with E-state index >= 15 is 0 Å². The first-order valence-corrected chi connectivity index (χ1v) is 26.8. The van der Waals surface area contributed by atoms with E-state index in [9.17, 15) is 14.4 Å². The lowest BCUT2D eigenvalue weighted by Gasteiger charge is -2.18. The molecule has 0 aromatic rings. The summed E-state index contributed by atoms with van der Waals surface area (Å²) in [6.07, 6.45) is 63.7. The molecule has 0 amide bonds. The van der Waals surface area contributed by atoms with Gasteiger partial charge in [0.15, 0.2) is 6.10 Å². The van der Waals surface area contributed by atoms with Crippen molar-refractivity contribution in [1.82, 2.24) is 0 Å². The zero-order valence-corrected chi connectivity index (χ0v) is 41.6. The minimum absolute atomic E-state index is 0.0937. The molecule has 0 aliphatic rings. The zero-order valence-electron chi connectivity index (χ0n) is 41.6. The van der Waals surface area contributed by atoms with E-state index in [0.29, 0.717) is 19.3 Å². The molecule has 0 spiro atoms. The first-order valence-electron chi connectivity index (χ1n) is 26.8. The molecule has 0 rings (SSSR count).